The summed E-state index contributed by atoms with van der Waals surface area (Å²) in [5, 5.41) is 0. The molecule has 0 atom stereocenters. The van der Waals surface area contributed by atoms with Crippen LogP contribution >= 0.6 is 12.4 Å². The van der Waals surface area contributed by atoms with Gasteiger partial charge in [0.05, 0.1) is 11.5 Å². The van der Waals surface area contributed by atoms with E-state index in [9.17, 15) is 8.42 Å². The Labute approximate surface area is 156 Å². The third kappa shape index (κ3) is 6.01. The minimum atomic E-state index is -3.60. The van der Waals surface area contributed by atoms with Crippen LogP contribution in [0.15, 0.2) is 59.5 Å². The molecule has 0 aliphatic rings. The molecular formula is C18H25ClN2O3S. The van der Waals surface area contributed by atoms with Crippen molar-refractivity contribution in [1.82, 2.24) is 4.31 Å². The average Bonchev–Trinajstić information content (AvgIpc) is 2.60. The maximum atomic E-state index is 12.9. The summed E-state index contributed by atoms with van der Waals surface area (Å²) in [7, 11) is -3.60. The summed E-state index contributed by atoms with van der Waals surface area (Å²) >= 11 is 0. The third-order valence-electron chi connectivity index (χ3n) is 3.63. The molecule has 0 spiro atoms. The first-order valence-electron chi connectivity index (χ1n) is 8.05. The van der Waals surface area contributed by atoms with Crippen LogP contribution in [0, 0.1) is 0 Å². The van der Waals surface area contributed by atoms with E-state index in [1.165, 1.54) is 4.31 Å². The summed E-state index contributed by atoms with van der Waals surface area (Å²) in [5.41, 5.74) is 6.72. The predicted molar refractivity (Wildman–Crippen MR) is 103 cm³/mol. The van der Waals surface area contributed by atoms with Gasteiger partial charge < -0.3 is 10.5 Å². The number of halogens is 1. The number of benzene rings is 2. The number of hydrogen-bond acceptors (Lipinski definition) is 4. The fraction of sp³-hybridized carbons (Fsp3) is 0.333. The van der Waals surface area contributed by atoms with Crippen LogP contribution in [0.4, 0.5) is 0 Å². The highest BCUT2D eigenvalue weighted by molar-refractivity contribution is 7.89. The zero-order chi connectivity index (χ0) is 17.4. The molecule has 0 amide bonds. The molecule has 7 heteroatoms. The van der Waals surface area contributed by atoms with E-state index in [2.05, 4.69) is 0 Å². The van der Waals surface area contributed by atoms with E-state index < -0.39 is 10.0 Å². The van der Waals surface area contributed by atoms with Crippen LogP contribution in [0.3, 0.4) is 0 Å². The molecule has 138 valence electrons. The maximum Gasteiger partial charge on any atom is 0.243 e. The lowest BCUT2D eigenvalue weighted by atomic mass is 10.1. The Hall–Kier alpha value is -1.60. The van der Waals surface area contributed by atoms with E-state index >= 15 is 0 Å². The second kappa shape index (κ2) is 10.4. The quantitative estimate of drug-likeness (QED) is 0.721. The molecule has 0 aliphatic carbocycles. The summed E-state index contributed by atoms with van der Waals surface area (Å²) in [6, 6.07) is 16.4. The minimum absolute atomic E-state index is 0. The molecule has 0 unspecified atom stereocenters. The number of nitrogens with two attached hydrogens (primary N) is 1. The van der Waals surface area contributed by atoms with Crippen molar-refractivity contribution in [3.63, 3.8) is 0 Å². The molecule has 0 radical (unpaired) electrons. The number of sulfonamides is 1. The van der Waals surface area contributed by atoms with Crippen LogP contribution in [0.2, 0.25) is 0 Å². The molecule has 25 heavy (non-hydrogen) atoms. The summed E-state index contributed by atoms with van der Waals surface area (Å²) in [4.78, 5) is 0.231. The molecule has 0 aliphatic heterocycles. The SMILES string of the molecule is CCOc1cccc(S(=O)(=O)N(CCN)CCc2ccccc2)c1.Cl. The van der Waals surface area contributed by atoms with Crippen molar-refractivity contribution >= 4 is 22.4 Å². The van der Waals surface area contributed by atoms with Gasteiger partial charge in [0, 0.05) is 25.7 Å². The van der Waals surface area contributed by atoms with E-state index in [1.807, 2.05) is 37.3 Å². The summed E-state index contributed by atoms with van der Waals surface area (Å²) in [6.07, 6.45) is 0.644. The Balaban J connectivity index is 0.00000312. The Bertz CT molecular complexity index is 739. The fourth-order valence-corrected chi connectivity index (χ4v) is 3.93. The van der Waals surface area contributed by atoms with E-state index in [0.29, 0.717) is 25.3 Å². The highest BCUT2D eigenvalue weighted by atomic mass is 35.5. The van der Waals surface area contributed by atoms with Crippen LogP contribution in [0.5, 0.6) is 5.75 Å². The van der Waals surface area contributed by atoms with Crippen LogP contribution < -0.4 is 10.5 Å². The lowest BCUT2D eigenvalue weighted by Gasteiger charge is -2.22. The summed E-state index contributed by atoms with van der Waals surface area (Å²) < 4.78 is 32.7. The molecule has 0 fully saturated rings. The van der Waals surface area contributed by atoms with Crippen molar-refractivity contribution in [1.29, 1.82) is 0 Å². The van der Waals surface area contributed by atoms with Gasteiger partial charge in [-0.3, -0.25) is 0 Å². The largest absolute Gasteiger partial charge is 0.494 e. The number of rotatable bonds is 9. The van der Waals surface area contributed by atoms with E-state index in [1.54, 1.807) is 24.3 Å². The Kier molecular flexibility index (Phi) is 8.92. The van der Waals surface area contributed by atoms with E-state index in [-0.39, 0.29) is 30.4 Å². The van der Waals surface area contributed by atoms with Gasteiger partial charge in [0.1, 0.15) is 5.75 Å². The van der Waals surface area contributed by atoms with Gasteiger partial charge in [0.25, 0.3) is 0 Å². The fourth-order valence-electron chi connectivity index (χ4n) is 2.43. The van der Waals surface area contributed by atoms with Crippen molar-refractivity contribution < 1.29 is 13.2 Å². The van der Waals surface area contributed by atoms with Gasteiger partial charge in [-0.15, -0.1) is 12.4 Å². The van der Waals surface area contributed by atoms with Gasteiger partial charge in [-0.25, -0.2) is 8.42 Å². The van der Waals surface area contributed by atoms with Crippen molar-refractivity contribution in [3.8, 4) is 5.75 Å². The zero-order valence-electron chi connectivity index (χ0n) is 14.3. The van der Waals surface area contributed by atoms with Gasteiger partial charge in [-0.2, -0.15) is 4.31 Å². The molecule has 2 aromatic carbocycles. The molecule has 0 saturated heterocycles. The lowest BCUT2D eigenvalue weighted by molar-refractivity contribution is 0.339. The molecule has 2 aromatic rings. The summed E-state index contributed by atoms with van der Waals surface area (Å²) in [6.45, 7) is 3.31. The lowest BCUT2D eigenvalue weighted by Crippen LogP contribution is -2.36. The smallest absolute Gasteiger partial charge is 0.243 e. The molecule has 5 nitrogen and oxygen atoms in total. The highest BCUT2D eigenvalue weighted by Gasteiger charge is 2.24. The Morgan fingerprint density at radius 2 is 1.76 bits per heavy atom. The second-order valence-electron chi connectivity index (χ2n) is 5.34. The third-order valence-corrected chi connectivity index (χ3v) is 5.52. The molecular weight excluding hydrogens is 360 g/mol. The molecule has 2 rings (SSSR count). The van der Waals surface area contributed by atoms with Crippen LogP contribution in [0.25, 0.3) is 0 Å². The van der Waals surface area contributed by atoms with Gasteiger partial charge >= 0.3 is 0 Å². The molecule has 0 heterocycles. The molecule has 2 N–H and O–H groups in total. The van der Waals surface area contributed by atoms with Gasteiger partial charge in [-0.1, -0.05) is 36.4 Å². The van der Waals surface area contributed by atoms with E-state index in [4.69, 9.17) is 10.5 Å². The van der Waals surface area contributed by atoms with Crippen molar-refractivity contribution in [2.75, 3.05) is 26.2 Å². The Morgan fingerprint density at radius 1 is 1.04 bits per heavy atom. The summed E-state index contributed by atoms with van der Waals surface area (Å²) in [5.74, 6) is 0.550. The van der Waals surface area contributed by atoms with E-state index in [0.717, 1.165) is 5.56 Å². The number of nitrogens with zero attached hydrogens (tertiary/aromatic N) is 1. The average molecular weight is 385 g/mol. The van der Waals surface area contributed by atoms with Crippen LogP contribution in [-0.4, -0.2) is 39.0 Å². The van der Waals surface area contributed by atoms with Crippen LogP contribution in [0.1, 0.15) is 12.5 Å². The molecule has 0 bridgehead atoms. The maximum absolute atomic E-state index is 12.9. The topological polar surface area (TPSA) is 72.6 Å². The highest BCUT2D eigenvalue weighted by Crippen LogP contribution is 2.21. The molecule has 0 saturated carbocycles. The first-order valence-corrected chi connectivity index (χ1v) is 9.49. The number of ether oxygens (including phenoxy) is 1. The Morgan fingerprint density at radius 3 is 2.40 bits per heavy atom. The van der Waals surface area contributed by atoms with Crippen molar-refractivity contribution in [2.24, 2.45) is 5.73 Å². The van der Waals surface area contributed by atoms with Crippen molar-refractivity contribution in [2.45, 2.75) is 18.2 Å². The van der Waals surface area contributed by atoms with Gasteiger partial charge in [0.2, 0.25) is 10.0 Å². The second-order valence-corrected chi connectivity index (χ2v) is 7.27. The standard InChI is InChI=1S/C18H24N2O3S.ClH/c1-2-23-17-9-6-10-18(15-17)24(21,22)20(14-12-19)13-11-16-7-4-3-5-8-16;/h3-10,15H,2,11-14,19H2,1H3;1H. The first kappa shape index (κ1) is 21.4. The van der Waals surface area contributed by atoms with Crippen molar-refractivity contribution in [3.05, 3.63) is 60.2 Å². The van der Waals surface area contributed by atoms with Gasteiger partial charge in [-0.05, 0) is 31.0 Å². The normalized spacial score (nSPS) is 11.2. The van der Waals surface area contributed by atoms with Crippen LogP contribution in [-0.2, 0) is 16.4 Å². The zero-order valence-corrected chi connectivity index (χ0v) is 15.9. The molecule has 0 aromatic heterocycles. The van der Waals surface area contributed by atoms with Gasteiger partial charge in [0.15, 0.2) is 0 Å². The first-order chi connectivity index (χ1) is 11.6. The minimum Gasteiger partial charge on any atom is -0.494 e. The monoisotopic (exact) mass is 384 g/mol. The predicted octanol–water partition coefficient (Wildman–Crippen LogP) is 2.70. The number of hydrogen-bond donors (Lipinski definition) is 1.